The third-order valence-corrected chi connectivity index (χ3v) is 2.69. The zero-order chi connectivity index (χ0) is 13.1. The Hall–Kier alpha value is -2.56. The minimum Gasteiger partial charge on any atom is -0.420 e. The van der Waals surface area contributed by atoms with Gasteiger partial charge in [-0.2, -0.15) is 0 Å². The summed E-state index contributed by atoms with van der Waals surface area (Å²) in [5.41, 5.74) is 1.33. The number of benzene rings is 1. The minimum absolute atomic E-state index is 0.272. The molecule has 0 saturated carbocycles. The first-order valence-corrected chi connectivity index (χ1v) is 5.79. The normalized spacial score (nSPS) is 10.6. The van der Waals surface area contributed by atoms with Crippen molar-refractivity contribution in [3.63, 3.8) is 0 Å². The monoisotopic (exact) mass is 255 g/mol. The average molecular weight is 255 g/mol. The van der Waals surface area contributed by atoms with Gasteiger partial charge in [-0.1, -0.05) is 18.2 Å². The molecule has 0 fully saturated rings. The van der Waals surface area contributed by atoms with Crippen LogP contribution in [-0.4, -0.2) is 15.2 Å². The molecule has 0 saturated heterocycles. The van der Waals surface area contributed by atoms with Crippen LogP contribution in [0.1, 0.15) is 11.5 Å². The fraction of sp³-hybridized carbons (Fsp3) is 0.0714. The van der Waals surface area contributed by atoms with Gasteiger partial charge in [-0.25, -0.2) is 4.39 Å². The van der Waals surface area contributed by atoms with Crippen molar-refractivity contribution in [2.45, 2.75) is 6.42 Å². The van der Waals surface area contributed by atoms with Crippen molar-refractivity contribution in [1.82, 2.24) is 15.2 Å². The topological polar surface area (TPSA) is 51.8 Å². The lowest BCUT2D eigenvalue weighted by Gasteiger charge is -1.98. The first-order chi connectivity index (χ1) is 9.33. The Kier molecular flexibility index (Phi) is 3.02. The summed E-state index contributed by atoms with van der Waals surface area (Å²) in [5.74, 6) is 0.525. The predicted octanol–water partition coefficient (Wildman–Crippen LogP) is 2.86. The highest BCUT2D eigenvalue weighted by Crippen LogP contribution is 2.18. The van der Waals surface area contributed by atoms with Crippen LogP contribution in [0, 0.1) is 5.82 Å². The van der Waals surface area contributed by atoms with Gasteiger partial charge in [0.2, 0.25) is 11.8 Å². The molecule has 2 aromatic heterocycles. The average Bonchev–Trinajstić information content (AvgIpc) is 2.91. The summed E-state index contributed by atoms with van der Waals surface area (Å²) < 4.78 is 19.0. The van der Waals surface area contributed by atoms with Crippen molar-refractivity contribution >= 4 is 0 Å². The van der Waals surface area contributed by atoms with Gasteiger partial charge in [-0.3, -0.25) is 4.98 Å². The number of nitrogens with zero attached hydrogens (tertiary/aromatic N) is 3. The summed E-state index contributed by atoms with van der Waals surface area (Å²) in [6, 6.07) is 10.1. The minimum atomic E-state index is -0.272. The Morgan fingerprint density at radius 2 is 1.79 bits per heavy atom. The van der Waals surface area contributed by atoms with Crippen molar-refractivity contribution in [2.24, 2.45) is 0 Å². The van der Waals surface area contributed by atoms with E-state index in [9.17, 15) is 4.39 Å². The van der Waals surface area contributed by atoms with E-state index in [1.165, 1.54) is 6.07 Å². The third-order valence-electron chi connectivity index (χ3n) is 2.69. The van der Waals surface area contributed by atoms with Crippen molar-refractivity contribution < 1.29 is 8.81 Å². The molecule has 5 heteroatoms. The van der Waals surface area contributed by atoms with E-state index in [0.29, 0.717) is 17.3 Å². The predicted molar refractivity (Wildman–Crippen MR) is 66.7 cm³/mol. The quantitative estimate of drug-likeness (QED) is 0.722. The van der Waals surface area contributed by atoms with Gasteiger partial charge in [0.05, 0.1) is 6.42 Å². The Labute approximate surface area is 108 Å². The van der Waals surface area contributed by atoms with Crippen molar-refractivity contribution in [2.75, 3.05) is 0 Å². The van der Waals surface area contributed by atoms with E-state index in [1.54, 1.807) is 42.7 Å². The van der Waals surface area contributed by atoms with E-state index < -0.39 is 0 Å². The lowest BCUT2D eigenvalue weighted by atomic mass is 10.1. The molecule has 19 heavy (non-hydrogen) atoms. The Bertz CT molecular complexity index is 682. The molecule has 0 amide bonds. The van der Waals surface area contributed by atoms with E-state index in [2.05, 4.69) is 15.2 Å². The van der Waals surface area contributed by atoms with E-state index in [4.69, 9.17) is 4.42 Å². The Morgan fingerprint density at radius 3 is 2.58 bits per heavy atom. The summed E-state index contributed by atoms with van der Waals surface area (Å²) in [6.45, 7) is 0. The van der Waals surface area contributed by atoms with Gasteiger partial charge in [0.15, 0.2) is 0 Å². The number of aromatic nitrogens is 3. The highest BCUT2D eigenvalue weighted by Gasteiger charge is 2.10. The lowest BCUT2D eigenvalue weighted by molar-refractivity contribution is 0.511. The van der Waals surface area contributed by atoms with Crippen molar-refractivity contribution in [3.8, 4) is 11.5 Å². The molecule has 0 aliphatic heterocycles. The summed E-state index contributed by atoms with van der Waals surface area (Å²) in [4.78, 5) is 3.92. The molecule has 0 atom stereocenters. The second-order valence-electron chi connectivity index (χ2n) is 4.01. The molecular formula is C14H10FN3O. The molecule has 0 bridgehead atoms. The standard InChI is InChI=1S/C14H10FN3O/c15-12-4-2-1-3-11(12)9-13-17-18-14(19-13)10-5-7-16-8-6-10/h1-8H,9H2. The van der Waals surface area contributed by atoms with Crippen molar-refractivity contribution in [3.05, 3.63) is 66.1 Å². The molecular weight excluding hydrogens is 245 g/mol. The van der Waals surface area contributed by atoms with Crippen LogP contribution in [0.2, 0.25) is 0 Å². The lowest BCUT2D eigenvalue weighted by Crippen LogP contribution is -1.92. The van der Waals surface area contributed by atoms with Crippen molar-refractivity contribution in [1.29, 1.82) is 0 Å². The molecule has 94 valence electrons. The van der Waals surface area contributed by atoms with Crippen LogP contribution in [0.5, 0.6) is 0 Å². The van der Waals surface area contributed by atoms with Gasteiger partial charge in [0.25, 0.3) is 0 Å². The van der Waals surface area contributed by atoms with E-state index in [-0.39, 0.29) is 12.2 Å². The van der Waals surface area contributed by atoms with Crippen LogP contribution in [0.15, 0.2) is 53.2 Å². The largest absolute Gasteiger partial charge is 0.420 e. The van der Waals surface area contributed by atoms with Gasteiger partial charge in [0.1, 0.15) is 5.82 Å². The van der Waals surface area contributed by atoms with Crippen LogP contribution in [-0.2, 0) is 6.42 Å². The second kappa shape index (κ2) is 4.97. The Balaban J connectivity index is 1.85. The zero-order valence-electron chi connectivity index (χ0n) is 9.95. The van der Waals surface area contributed by atoms with E-state index in [0.717, 1.165) is 5.56 Å². The highest BCUT2D eigenvalue weighted by molar-refractivity contribution is 5.50. The molecule has 3 rings (SSSR count). The van der Waals surface area contributed by atoms with Gasteiger partial charge in [-0.15, -0.1) is 10.2 Å². The Morgan fingerprint density at radius 1 is 1.00 bits per heavy atom. The maximum Gasteiger partial charge on any atom is 0.247 e. The number of rotatable bonds is 3. The smallest absolute Gasteiger partial charge is 0.247 e. The molecule has 0 aliphatic rings. The van der Waals surface area contributed by atoms with Crippen LogP contribution in [0.3, 0.4) is 0 Å². The molecule has 0 aliphatic carbocycles. The fourth-order valence-electron chi connectivity index (χ4n) is 1.74. The first-order valence-electron chi connectivity index (χ1n) is 5.79. The van der Waals surface area contributed by atoms with Gasteiger partial charge in [0, 0.05) is 18.0 Å². The van der Waals surface area contributed by atoms with Crippen LogP contribution >= 0.6 is 0 Å². The molecule has 0 N–H and O–H groups in total. The zero-order valence-corrected chi connectivity index (χ0v) is 9.95. The summed E-state index contributed by atoms with van der Waals surface area (Å²) >= 11 is 0. The maximum atomic E-state index is 13.5. The molecule has 0 radical (unpaired) electrons. The van der Waals surface area contributed by atoms with Gasteiger partial charge in [-0.05, 0) is 23.8 Å². The fourth-order valence-corrected chi connectivity index (χ4v) is 1.74. The SMILES string of the molecule is Fc1ccccc1Cc1nnc(-c2ccncc2)o1. The molecule has 0 spiro atoms. The van der Waals surface area contributed by atoms with Crippen LogP contribution < -0.4 is 0 Å². The summed E-state index contributed by atoms with van der Waals surface area (Å²) in [5, 5.41) is 7.87. The maximum absolute atomic E-state index is 13.5. The third kappa shape index (κ3) is 2.49. The summed E-state index contributed by atoms with van der Waals surface area (Å²) in [7, 11) is 0. The molecule has 4 nitrogen and oxygen atoms in total. The molecule has 3 aromatic rings. The first kappa shape index (κ1) is 11.5. The van der Waals surface area contributed by atoms with Gasteiger partial charge >= 0.3 is 0 Å². The molecule has 2 heterocycles. The number of halogens is 1. The van der Waals surface area contributed by atoms with E-state index in [1.807, 2.05) is 0 Å². The van der Waals surface area contributed by atoms with Gasteiger partial charge < -0.3 is 4.42 Å². The van der Waals surface area contributed by atoms with Crippen LogP contribution in [0.25, 0.3) is 11.5 Å². The molecule has 1 aromatic carbocycles. The van der Waals surface area contributed by atoms with Crippen LogP contribution in [0.4, 0.5) is 4.39 Å². The summed E-state index contributed by atoms with van der Waals surface area (Å²) in [6.07, 6.45) is 3.58. The second-order valence-corrected chi connectivity index (χ2v) is 4.01. The van der Waals surface area contributed by atoms with E-state index >= 15 is 0 Å². The number of hydrogen-bond donors (Lipinski definition) is 0. The number of pyridine rings is 1. The number of hydrogen-bond acceptors (Lipinski definition) is 4. The highest BCUT2D eigenvalue weighted by atomic mass is 19.1. The molecule has 0 unspecified atom stereocenters.